The van der Waals surface area contributed by atoms with Gasteiger partial charge in [-0.2, -0.15) is 0 Å². The Morgan fingerprint density at radius 3 is 2.23 bits per heavy atom. The first kappa shape index (κ1) is 20.9. The summed E-state index contributed by atoms with van der Waals surface area (Å²) in [6.07, 6.45) is 3.54. The fourth-order valence-corrected chi connectivity index (χ4v) is 4.62. The normalized spacial score (nSPS) is 23.2. The second-order valence-corrected chi connectivity index (χ2v) is 8.94. The van der Waals surface area contributed by atoms with E-state index in [9.17, 15) is 4.79 Å². The highest BCUT2D eigenvalue weighted by Crippen LogP contribution is 2.41. The number of amidine groups is 1. The van der Waals surface area contributed by atoms with E-state index in [0.29, 0.717) is 5.02 Å². The Balaban J connectivity index is 1.83. The van der Waals surface area contributed by atoms with Crippen molar-refractivity contribution in [2.45, 2.75) is 39.2 Å². The van der Waals surface area contributed by atoms with Gasteiger partial charge in [0.1, 0.15) is 11.6 Å². The average Bonchev–Trinajstić information content (AvgIpc) is 2.95. The molecular weight excluding hydrogens is 398 g/mol. The highest BCUT2D eigenvalue weighted by molar-refractivity contribution is 6.31. The molecule has 0 aromatic heterocycles. The van der Waals surface area contributed by atoms with Crippen molar-refractivity contribution in [1.82, 2.24) is 4.90 Å². The monoisotopic (exact) mass is 425 g/mol. The van der Waals surface area contributed by atoms with Gasteiger partial charge in [0.2, 0.25) is 5.91 Å². The Kier molecular flexibility index (Phi) is 5.85. The number of hydrogen-bond acceptors (Lipinski definition) is 4. The Morgan fingerprint density at radius 2 is 1.63 bits per heavy atom. The fourth-order valence-electron chi connectivity index (χ4n) is 4.49. The van der Waals surface area contributed by atoms with Gasteiger partial charge in [0, 0.05) is 5.02 Å². The molecular formula is C24H28ClN3O2. The first-order valence-electron chi connectivity index (χ1n) is 10.5. The predicted octanol–water partition coefficient (Wildman–Crippen LogP) is 5.31. The summed E-state index contributed by atoms with van der Waals surface area (Å²) >= 11 is 6.10. The number of ether oxygens (including phenoxy) is 1. The van der Waals surface area contributed by atoms with Crippen molar-refractivity contribution in [2.75, 3.05) is 25.1 Å². The van der Waals surface area contributed by atoms with Gasteiger partial charge in [0.25, 0.3) is 0 Å². The molecule has 2 aromatic rings. The number of amides is 1. The van der Waals surface area contributed by atoms with E-state index in [1.54, 1.807) is 12.0 Å². The molecule has 0 saturated carbocycles. The molecule has 2 aromatic carbocycles. The van der Waals surface area contributed by atoms with Gasteiger partial charge in [-0.3, -0.25) is 14.6 Å². The average molecular weight is 426 g/mol. The molecule has 158 valence electrons. The smallest absolute Gasteiger partial charge is 0.240 e. The fraction of sp³-hybridized carbons (Fsp3) is 0.417. The minimum absolute atomic E-state index is 0.0626. The standard InChI is InChI=1S/C24H28ClN3O2/c1-24(2)21(27-15-5-4-6-16-27)22(26-18-9-13-20(30-3)14-10-18)28(23(24)29)19-11-7-17(25)8-12-19/h7-14,21H,4-6,15-16H2,1-3H3. The van der Waals surface area contributed by atoms with Gasteiger partial charge in [0.05, 0.1) is 29.9 Å². The summed E-state index contributed by atoms with van der Waals surface area (Å²) < 4.78 is 5.27. The van der Waals surface area contributed by atoms with Gasteiger partial charge in [0.15, 0.2) is 0 Å². The third-order valence-electron chi connectivity index (χ3n) is 6.07. The van der Waals surface area contributed by atoms with Gasteiger partial charge in [-0.25, -0.2) is 4.99 Å². The largest absolute Gasteiger partial charge is 0.497 e. The lowest BCUT2D eigenvalue weighted by Crippen LogP contribution is -2.49. The number of nitrogens with zero attached hydrogens (tertiary/aromatic N) is 3. The molecule has 2 fully saturated rings. The van der Waals surface area contributed by atoms with Gasteiger partial charge in [-0.1, -0.05) is 18.0 Å². The van der Waals surface area contributed by atoms with Crippen LogP contribution in [0.2, 0.25) is 5.02 Å². The number of rotatable bonds is 4. The van der Waals surface area contributed by atoms with Crippen LogP contribution in [0.5, 0.6) is 5.75 Å². The van der Waals surface area contributed by atoms with Crippen molar-refractivity contribution in [3.05, 3.63) is 53.6 Å². The number of carbonyl (C=O) groups is 1. The number of benzene rings is 2. The van der Waals surface area contributed by atoms with E-state index in [0.717, 1.165) is 48.9 Å². The van der Waals surface area contributed by atoms with Gasteiger partial charge < -0.3 is 4.74 Å². The molecule has 1 amide bonds. The molecule has 0 aliphatic carbocycles. The Morgan fingerprint density at radius 1 is 1.00 bits per heavy atom. The lowest BCUT2D eigenvalue weighted by molar-refractivity contribution is -0.125. The van der Waals surface area contributed by atoms with E-state index < -0.39 is 5.41 Å². The second-order valence-electron chi connectivity index (χ2n) is 8.51. The van der Waals surface area contributed by atoms with Crippen LogP contribution in [0.1, 0.15) is 33.1 Å². The molecule has 2 aliphatic rings. The quantitative estimate of drug-likeness (QED) is 0.667. The van der Waals surface area contributed by atoms with Gasteiger partial charge in [-0.05, 0) is 88.3 Å². The number of hydrogen-bond donors (Lipinski definition) is 0. The topological polar surface area (TPSA) is 45.1 Å². The van der Waals surface area contributed by atoms with Crippen LogP contribution < -0.4 is 9.64 Å². The van der Waals surface area contributed by atoms with E-state index in [2.05, 4.69) is 4.90 Å². The summed E-state index contributed by atoms with van der Waals surface area (Å²) in [6, 6.07) is 15.0. The Labute approximate surface area is 183 Å². The summed E-state index contributed by atoms with van der Waals surface area (Å²) in [5.41, 5.74) is 1.02. The van der Waals surface area contributed by atoms with E-state index in [4.69, 9.17) is 21.3 Å². The molecule has 30 heavy (non-hydrogen) atoms. The summed E-state index contributed by atoms with van der Waals surface area (Å²) in [5, 5.41) is 0.644. The number of carbonyl (C=O) groups excluding carboxylic acids is 1. The molecule has 0 N–H and O–H groups in total. The molecule has 2 heterocycles. The number of anilines is 1. The zero-order chi connectivity index (χ0) is 21.3. The summed E-state index contributed by atoms with van der Waals surface area (Å²) in [6.45, 7) is 6.04. The first-order valence-corrected chi connectivity index (χ1v) is 10.9. The molecule has 6 heteroatoms. The number of likely N-dealkylation sites (tertiary alicyclic amines) is 1. The molecule has 2 saturated heterocycles. The Bertz CT molecular complexity index is 932. The van der Waals surface area contributed by atoms with E-state index in [1.165, 1.54) is 6.42 Å². The molecule has 0 spiro atoms. The minimum atomic E-state index is -0.581. The van der Waals surface area contributed by atoms with E-state index in [1.807, 2.05) is 62.4 Å². The number of halogens is 1. The highest BCUT2D eigenvalue weighted by Gasteiger charge is 2.54. The zero-order valence-electron chi connectivity index (χ0n) is 17.8. The van der Waals surface area contributed by atoms with Crippen LogP contribution in [0.15, 0.2) is 53.5 Å². The third-order valence-corrected chi connectivity index (χ3v) is 6.32. The number of piperidine rings is 1. The molecule has 0 bridgehead atoms. The van der Waals surface area contributed by atoms with Crippen LogP contribution in [0.4, 0.5) is 11.4 Å². The summed E-state index contributed by atoms with van der Waals surface area (Å²) in [5.74, 6) is 1.62. The minimum Gasteiger partial charge on any atom is -0.497 e. The van der Waals surface area contributed by atoms with Crippen molar-refractivity contribution in [2.24, 2.45) is 10.4 Å². The zero-order valence-corrected chi connectivity index (χ0v) is 18.5. The lowest BCUT2D eigenvalue weighted by atomic mass is 9.84. The lowest BCUT2D eigenvalue weighted by Gasteiger charge is -2.37. The molecule has 1 unspecified atom stereocenters. The van der Waals surface area contributed by atoms with Crippen LogP contribution >= 0.6 is 11.6 Å². The van der Waals surface area contributed by atoms with Crippen LogP contribution in [0.3, 0.4) is 0 Å². The summed E-state index contributed by atoms with van der Waals surface area (Å²) in [4.78, 5) is 22.8. The van der Waals surface area contributed by atoms with Crippen molar-refractivity contribution >= 4 is 34.7 Å². The predicted molar refractivity (Wildman–Crippen MR) is 122 cm³/mol. The van der Waals surface area contributed by atoms with Crippen LogP contribution in [0.25, 0.3) is 0 Å². The highest BCUT2D eigenvalue weighted by atomic mass is 35.5. The SMILES string of the molecule is COc1ccc(N=C2C(N3CCCCC3)C(C)(C)C(=O)N2c2ccc(Cl)cc2)cc1. The van der Waals surface area contributed by atoms with Crippen LogP contribution in [0, 0.1) is 5.41 Å². The van der Waals surface area contributed by atoms with Crippen molar-refractivity contribution in [3.8, 4) is 5.75 Å². The maximum atomic E-state index is 13.6. The van der Waals surface area contributed by atoms with E-state index >= 15 is 0 Å². The second kappa shape index (κ2) is 8.40. The Hall–Kier alpha value is -2.37. The molecule has 0 radical (unpaired) electrons. The number of aliphatic imine (C=N–C) groups is 1. The van der Waals surface area contributed by atoms with Crippen LogP contribution in [-0.2, 0) is 4.79 Å². The van der Waals surface area contributed by atoms with Crippen molar-refractivity contribution < 1.29 is 9.53 Å². The molecule has 1 atom stereocenters. The number of methoxy groups -OCH3 is 1. The van der Waals surface area contributed by atoms with Gasteiger partial charge >= 0.3 is 0 Å². The maximum absolute atomic E-state index is 13.6. The van der Waals surface area contributed by atoms with Crippen LogP contribution in [-0.4, -0.2) is 42.9 Å². The third kappa shape index (κ3) is 3.84. The van der Waals surface area contributed by atoms with Gasteiger partial charge in [-0.15, -0.1) is 0 Å². The molecule has 4 rings (SSSR count). The van der Waals surface area contributed by atoms with Crippen molar-refractivity contribution in [1.29, 1.82) is 0 Å². The van der Waals surface area contributed by atoms with E-state index in [-0.39, 0.29) is 11.9 Å². The summed E-state index contributed by atoms with van der Waals surface area (Å²) in [7, 11) is 1.65. The molecule has 5 nitrogen and oxygen atoms in total. The van der Waals surface area contributed by atoms with Crippen molar-refractivity contribution in [3.63, 3.8) is 0 Å². The molecule has 2 aliphatic heterocycles. The maximum Gasteiger partial charge on any atom is 0.240 e. The first-order chi connectivity index (χ1) is 14.4.